The number of rotatable bonds is 4. The van der Waals surface area contributed by atoms with Crippen LogP contribution in [0, 0.1) is 0 Å². The van der Waals surface area contributed by atoms with Gasteiger partial charge in [-0.05, 0) is 36.1 Å². The molecule has 0 N–H and O–H groups in total. The summed E-state index contributed by atoms with van der Waals surface area (Å²) < 4.78 is 27.1. The van der Waals surface area contributed by atoms with E-state index in [1.54, 1.807) is 42.5 Å². The monoisotopic (exact) mass is 354 g/mol. The van der Waals surface area contributed by atoms with E-state index in [0.717, 1.165) is 24.0 Å². The molecule has 1 aliphatic heterocycles. The van der Waals surface area contributed by atoms with E-state index in [1.807, 2.05) is 18.2 Å². The molecule has 0 unspecified atom stereocenters. The maximum atomic E-state index is 12.8. The summed E-state index contributed by atoms with van der Waals surface area (Å²) in [6.07, 6.45) is 3.52. The zero-order valence-electron chi connectivity index (χ0n) is 13.6. The van der Waals surface area contributed by atoms with Crippen molar-refractivity contribution >= 4 is 21.8 Å². The lowest BCUT2D eigenvalue weighted by Gasteiger charge is -2.28. The van der Waals surface area contributed by atoms with E-state index in [2.05, 4.69) is 10.0 Å². The van der Waals surface area contributed by atoms with Crippen LogP contribution in [0.5, 0.6) is 0 Å². The predicted molar refractivity (Wildman–Crippen MR) is 97.7 cm³/mol. The Morgan fingerprint density at radius 2 is 1.80 bits per heavy atom. The van der Waals surface area contributed by atoms with E-state index in [4.69, 9.17) is 5.53 Å². The molecule has 0 bridgehead atoms. The highest BCUT2D eigenvalue weighted by Gasteiger charge is 2.27. The molecule has 0 spiro atoms. The molecule has 0 atom stereocenters. The molecule has 1 aliphatic rings. The molecular weight excluding hydrogens is 336 g/mol. The Morgan fingerprint density at radius 3 is 2.56 bits per heavy atom. The molecule has 1 saturated heterocycles. The van der Waals surface area contributed by atoms with Gasteiger partial charge >= 0.3 is 0 Å². The molecule has 2 aromatic carbocycles. The molecule has 1 heterocycles. The lowest BCUT2D eigenvalue weighted by molar-refractivity contribution is 0.396. The van der Waals surface area contributed by atoms with E-state index < -0.39 is 10.0 Å². The zero-order chi connectivity index (χ0) is 17.7. The minimum absolute atomic E-state index is 0.311. The van der Waals surface area contributed by atoms with Crippen molar-refractivity contribution in [2.24, 2.45) is 5.11 Å². The fourth-order valence-electron chi connectivity index (χ4n) is 2.90. The summed E-state index contributed by atoms with van der Waals surface area (Å²) in [5.74, 6) is 0. The summed E-state index contributed by atoms with van der Waals surface area (Å²) in [6.45, 7) is 0.856. The lowest BCUT2D eigenvalue weighted by atomic mass is 10.0. The molecule has 0 aromatic heterocycles. The van der Waals surface area contributed by atoms with Crippen molar-refractivity contribution < 1.29 is 8.42 Å². The first-order valence-corrected chi connectivity index (χ1v) is 9.44. The van der Waals surface area contributed by atoms with Gasteiger partial charge in [-0.1, -0.05) is 59.2 Å². The average Bonchev–Trinajstić information content (AvgIpc) is 2.64. The van der Waals surface area contributed by atoms with Crippen molar-refractivity contribution in [3.05, 3.63) is 76.2 Å². The highest BCUT2D eigenvalue weighted by atomic mass is 32.2. The van der Waals surface area contributed by atoms with Gasteiger partial charge in [-0.25, -0.2) is 8.42 Å². The Labute approximate surface area is 147 Å². The van der Waals surface area contributed by atoms with Gasteiger partial charge in [0.2, 0.25) is 10.0 Å². The average molecular weight is 354 g/mol. The highest BCUT2D eigenvalue weighted by molar-refractivity contribution is 7.89. The van der Waals surface area contributed by atoms with Crippen molar-refractivity contribution in [2.75, 3.05) is 13.1 Å². The molecule has 0 saturated carbocycles. The zero-order valence-corrected chi connectivity index (χ0v) is 14.4. The minimum Gasteiger partial charge on any atom is -0.207 e. The van der Waals surface area contributed by atoms with E-state index in [-0.39, 0.29) is 0 Å². The maximum Gasteiger partial charge on any atom is 0.243 e. The molecule has 0 aliphatic carbocycles. The Morgan fingerprint density at radius 1 is 1.08 bits per heavy atom. The number of sulfonamides is 1. The van der Waals surface area contributed by atoms with Gasteiger partial charge < -0.3 is 0 Å². The van der Waals surface area contributed by atoms with Gasteiger partial charge in [0.15, 0.2) is 0 Å². The normalized spacial score (nSPS) is 17.2. The van der Waals surface area contributed by atoms with Crippen LogP contribution in [0.3, 0.4) is 0 Å². The standard InChI is InChI=1S/C18H18N4O2S/c19-21-20-18-11-5-4-8-16(18)13-15-7-6-12-22(14-15)25(23,24)17-9-2-1-3-10-17/h1-5,8-11,13H,6-7,12,14H2/b15-13+. The Hall–Kier alpha value is -2.60. The molecule has 7 heteroatoms. The van der Waals surface area contributed by atoms with Crippen LogP contribution >= 0.6 is 0 Å². The quantitative estimate of drug-likeness (QED) is 0.460. The first-order valence-electron chi connectivity index (χ1n) is 8.00. The van der Waals surface area contributed by atoms with Gasteiger partial charge in [0.05, 0.1) is 4.90 Å². The number of hydrogen-bond donors (Lipinski definition) is 0. The summed E-state index contributed by atoms with van der Waals surface area (Å²) >= 11 is 0. The summed E-state index contributed by atoms with van der Waals surface area (Å²) in [5, 5.41) is 3.69. The highest BCUT2D eigenvalue weighted by Crippen LogP contribution is 2.27. The minimum atomic E-state index is -3.50. The second-order valence-corrected chi connectivity index (χ2v) is 7.74. The Balaban J connectivity index is 1.88. The van der Waals surface area contributed by atoms with Crippen LogP contribution in [0.4, 0.5) is 5.69 Å². The van der Waals surface area contributed by atoms with Gasteiger partial charge in [-0.2, -0.15) is 4.31 Å². The molecule has 1 fully saturated rings. The first kappa shape index (κ1) is 17.2. The number of benzene rings is 2. The van der Waals surface area contributed by atoms with Gasteiger partial charge in [0.25, 0.3) is 0 Å². The fraction of sp³-hybridized carbons (Fsp3) is 0.222. The molecule has 6 nitrogen and oxygen atoms in total. The van der Waals surface area contributed by atoms with Crippen LogP contribution in [-0.2, 0) is 10.0 Å². The summed E-state index contributed by atoms with van der Waals surface area (Å²) in [5.41, 5.74) is 11.0. The van der Waals surface area contributed by atoms with E-state index in [1.165, 1.54) is 4.31 Å². The first-order chi connectivity index (χ1) is 12.1. The lowest BCUT2D eigenvalue weighted by Crippen LogP contribution is -2.36. The van der Waals surface area contributed by atoms with Crippen molar-refractivity contribution in [3.8, 4) is 0 Å². The van der Waals surface area contributed by atoms with Crippen LogP contribution in [-0.4, -0.2) is 25.8 Å². The number of piperidine rings is 1. The topological polar surface area (TPSA) is 86.1 Å². The SMILES string of the molecule is [N-]=[N+]=Nc1ccccc1/C=C1\CCCN(S(=O)(=O)c2ccccc2)C1. The largest absolute Gasteiger partial charge is 0.243 e. The third-order valence-electron chi connectivity index (χ3n) is 4.11. The van der Waals surface area contributed by atoms with Crippen LogP contribution in [0.25, 0.3) is 16.5 Å². The summed E-state index contributed by atoms with van der Waals surface area (Å²) in [4.78, 5) is 3.15. The molecule has 128 valence electrons. The Kier molecular flexibility index (Phi) is 5.19. The second-order valence-electron chi connectivity index (χ2n) is 5.81. The van der Waals surface area contributed by atoms with E-state index >= 15 is 0 Å². The van der Waals surface area contributed by atoms with Gasteiger partial charge in [-0.3, -0.25) is 0 Å². The van der Waals surface area contributed by atoms with Gasteiger partial charge in [0, 0.05) is 23.7 Å². The fourth-order valence-corrected chi connectivity index (χ4v) is 4.40. The predicted octanol–water partition coefficient (Wildman–Crippen LogP) is 4.50. The summed E-state index contributed by atoms with van der Waals surface area (Å²) in [7, 11) is -3.50. The third-order valence-corrected chi connectivity index (χ3v) is 5.97. The molecule has 3 rings (SSSR count). The summed E-state index contributed by atoms with van der Waals surface area (Å²) in [6, 6.07) is 15.8. The molecule has 2 aromatic rings. The van der Waals surface area contributed by atoms with Crippen molar-refractivity contribution in [3.63, 3.8) is 0 Å². The molecule has 25 heavy (non-hydrogen) atoms. The number of hydrogen-bond acceptors (Lipinski definition) is 3. The van der Waals surface area contributed by atoms with E-state index in [0.29, 0.717) is 23.7 Å². The van der Waals surface area contributed by atoms with Crippen molar-refractivity contribution in [1.29, 1.82) is 0 Å². The van der Waals surface area contributed by atoms with E-state index in [9.17, 15) is 8.42 Å². The molecule has 0 radical (unpaired) electrons. The molecular formula is C18H18N4O2S. The molecule has 0 amide bonds. The maximum absolute atomic E-state index is 12.8. The second kappa shape index (κ2) is 7.53. The number of nitrogens with zero attached hydrogens (tertiary/aromatic N) is 4. The number of azide groups is 1. The van der Waals surface area contributed by atoms with Crippen LogP contribution in [0.1, 0.15) is 18.4 Å². The van der Waals surface area contributed by atoms with Crippen LogP contribution in [0.2, 0.25) is 0 Å². The van der Waals surface area contributed by atoms with Crippen molar-refractivity contribution in [2.45, 2.75) is 17.7 Å². The smallest absolute Gasteiger partial charge is 0.207 e. The van der Waals surface area contributed by atoms with Crippen LogP contribution < -0.4 is 0 Å². The van der Waals surface area contributed by atoms with Gasteiger partial charge in [-0.15, -0.1) is 0 Å². The van der Waals surface area contributed by atoms with Crippen molar-refractivity contribution in [1.82, 2.24) is 4.31 Å². The Bertz CT molecular complexity index is 933. The third kappa shape index (κ3) is 3.91. The van der Waals surface area contributed by atoms with Crippen LogP contribution in [0.15, 0.2) is 70.2 Å². The van der Waals surface area contributed by atoms with Gasteiger partial charge in [0.1, 0.15) is 0 Å².